The van der Waals surface area contributed by atoms with E-state index >= 15 is 0 Å². The summed E-state index contributed by atoms with van der Waals surface area (Å²) in [6, 6.07) is 11.7. The minimum Gasteiger partial charge on any atom is -0.495 e. The van der Waals surface area contributed by atoms with E-state index in [1.54, 1.807) is 12.1 Å². The molecular weight excluding hydrogens is 352 g/mol. The van der Waals surface area contributed by atoms with Crippen LogP contribution in [0.2, 0.25) is 0 Å². The van der Waals surface area contributed by atoms with E-state index in [2.05, 4.69) is 5.32 Å². The van der Waals surface area contributed by atoms with Gasteiger partial charge in [-0.2, -0.15) is 0 Å². The third-order valence-corrected chi connectivity index (χ3v) is 6.39. The Morgan fingerprint density at radius 2 is 2.00 bits per heavy atom. The number of hydrogen-bond acceptors (Lipinski definition) is 4. The Balaban J connectivity index is 2.12. The highest BCUT2D eigenvalue weighted by Gasteiger charge is 2.37. The first-order valence-electron chi connectivity index (χ1n) is 8.48. The summed E-state index contributed by atoms with van der Waals surface area (Å²) in [5.74, 6) is -0.101. The van der Waals surface area contributed by atoms with E-state index < -0.39 is 10.0 Å². The van der Waals surface area contributed by atoms with Gasteiger partial charge in [0.25, 0.3) is 15.9 Å². The molecule has 6 nitrogen and oxygen atoms in total. The fraction of sp³-hybridized carbons (Fsp3) is 0.316. The molecular formula is C19H22N2O4S. The molecule has 0 bridgehead atoms. The number of fused-ring (bicyclic) bond motifs is 1. The Hall–Kier alpha value is -2.54. The fourth-order valence-electron chi connectivity index (χ4n) is 3.29. The van der Waals surface area contributed by atoms with Crippen molar-refractivity contribution in [3.63, 3.8) is 0 Å². The van der Waals surface area contributed by atoms with Crippen molar-refractivity contribution in [3.05, 3.63) is 53.6 Å². The largest absolute Gasteiger partial charge is 0.495 e. The Morgan fingerprint density at radius 3 is 2.69 bits per heavy atom. The van der Waals surface area contributed by atoms with Gasteiger partial charge in [0.05, 0.1) is 12.8 Å². The summed E-state index contributed by atoms with van der Waals surface area (Å²) in [5.41, 5.74) is 1.94. The summed E-state index contributed by atoms with van der Waals surface area (Å²) < 4.78 is 33.6. The molecule has 1 amide bonds. The average Bonchev–Trinajstić information content (AvgIpc) is 2.97. The van der Waals surface area contributed by atoms with Gasteiger partial charge in [0.15, 0.2) is 0 Å². The van der Waals surface area contributed by atoms with E-state index in [0.29, 0.717) is 18.7 Å². The lowest BCUT2D eigenvalue weighted by atomic mass is 10.1. The van der Waals surface area contributed by atoms with Gasteiger partial charge in [-0.15, -0.1) is 0 Å². The molecule has 1 N–H and O–H groups in total. The SMILES string of the molecule is CCNC(=O)c1ccc(OC)c(S(=O)(=O)N2c3ccccc3C[C@H]2C)c1. The number of carbonyl (C=O) groups is 1. The summed E-state index contributed by atoms with van der Waals surface area (Å²) in [7, 11) is -2.47. The van der Waals surface area contributed by atoms with Crippen LogP contribution in [0, 0.1) is 0 Å². The van der Waals surface area contributed by atoms with Crippen LogP contribution in [0.3, 0.4) is 0 Å². The highest BCUT2D eigenvalue weighted by molar-refractivity contribution is 7.93. The first-order valence-corrected chi connectivity index (χ1v) is 9.92. The van der Waals surface area contributed by atoms with Crippen molar-refractivity contribution in [2.75, 3.05) is 18.0 Å². The van der Waals surface area contributed by atoms with Gasteiger partial charge < -0.3 is 10.1 Å². The Bertz CT molecular complexity index is 940. The second kappa shape index (κ2) is 6.99. The molecule has 7 heteroatoms. The summed E-state index contributed by atoms with van der Waals surface area (Å²) >= 11 is 0. The number of sulfonamides is 1. The van der Waals surface area contributed by atoms with Crippen molar-refractivity contribution in [2.45, 2.75) is 31.2 Å². The number of ether oxygens (including phenoxy) is 1. The molecule has 26 heavy (non-hydrogen) atoms. The standard InChI is InChI=1S/C19H22N2O4S/c1-4-20-19(22)15-9-10-17(25-3)18(12-15)26(23,24)21-13(2)11-14-7-5-6-8-16(14)21/h5-10,12-13H,4,11H2,1-3H3,(H,20,22)/t13-/m1/s1. The molecule has 0 radical (unpaired) electrons. The molecule has 0 saturated heterocycles. The zero-order chi connectivity index (χ0) is 18.9. The number of amides is 1. The highest BCUT2D eigenvalue weighted by atomic mass is 32.2. The minimum absolute atomic E-state index is 0.00712. The van der Waals surface area contributed by atoms with Crippen molar-refractivity contribution in [2.24, 2.45) is 0 Å². The van der Waals surface area contributed by atoms with Gasteiger partial charge in [0.1, 0.15) is 10.6 Å². The summed E-state index contributed by atoms with van der Waals surface area (Å²) in [5, 5.41) is 2.68. The van der Waals surface area contributed by atoms with E-state index in [4.69, 9.17) is 4.74 Å². The predicted octanol–water partition coefficient (Wildman–Crippen LogP) is 2.58. The third kappa shape index (κ3) is 3.03. The number of hydrogen-bond donors (Lipinski definition) is 1. The number of rotatable bonds is 5. The van der Waals surface area contributed by atoms with Gasteiger partial charge in [0, 0.05) is 18.2 Å². The second-order valence-corrected chi connectivity index (χ2v) is 7.99. The number of nitrogens with one attached hydrogen (secondary N) is 1. The van der Waals surface area contributed by atoms with E-state index in [1.807, 2.05) is 32.0 Å². The van der Waals surface area contributed by atoms with Crippen LogP contribution in [0.4, 0.5) is 5.69 Å². The summed E-state index contributed by atoms with van der Waals surface area (Å²) in [4.78, 5) is 12.1. The number of anilines is 1. The number of benzene rings is 2. The molecule has 138 valence electrons. The number of para-hydroxylation sites is 1. The van der Waals surface area contributed by atoms with Crippen LogP contribution >= 0.6 is 0 Å². The first kappa shape index (κ1) is 18.3. The highest BCUT2D eigenvalue weighted by Crippen LogP contribution is 2.38. The van der Waals surface area contributed by atoms with Crippen LogP contribution in [-0.4, -0.2) is 34.0 Å². The minimum atomic E-state index is -3.89. The predicted molar refractivity (Wildman–Crippen MR) is 100 cm³/mol. The van der Waals surface area contributed by atoms with Gasteiger partial charge in [-0.05, 0) is 50.1 Å². The lowest BCUT2D eigenvalue weighted by Gasteiger charge is -2.25. The van der Waals surface area contributed by atoms with E-state index in [1.165, 1.54) is 23.5 Å². The molecule has 0 saturated carbocycles. The number of methoxy groups -OCH3 is 1. The molecule has 0 aliphatic carbocycles. The summed E-state index contributed by atoms with van der Waals surface area (Å²) in [6.45, 7) is 4.14. The van der Waals surface area contributed by atoms with Crippen LogP contribution in [0.25, 0.3) is 0 Å². The van der Waals surface area contributed by atoms with Crippen molar-refractivity contribution in [1.29, 1.82) is 0 Å². The van der Waals surface area contributed by atoms with Crippen LogP contribution in [0.1, 0.15) is 29.8 Å². The van der Waals surface area contributed by atoms with Gasteiger partial charge in [-0.25, -0.2) is 8.42 Å². The number of carbonyl (C=O) groups excluding carboxylic acids is 1. The summed E-state index contributed by atoms with van der Waals surface area (Å²) in [6.07, 6.45) is 0.647. The quantitative estimate of drug-likeness (QED) is 0.873. The zero-order valence-corrected chi connectivity index (χ0v) is 15.8. The van der Waals surface area contributed by atoms with Gasteiger partial charge in [0.2, 0.25) is 0 Å². The molecule has 0 spiro atoms. The van der Waals surface area contributed by atoms with Crippen molar-refractivity contribution >= 4 is 21.6 Å². The maximum atomic E-state index is 13.4. The van der Waals surface area contributed by atoms with Crippen LogP contribution in [-0.2, 0) is 16.4 Å². The smallest absolute Gasteiger partial charge is 0.268 e. The van der Waals surface area contributed by atoms with Gasteiger partial charge in [-0.1, -0.05) is 18.2 Å². The normalized spacial score (nSPS) is 16.3. The molecule has 0 unspecified atom stereocenters. The fourth-order valence-corrected chi connectivity index (χ4v) is 5.17. The van der Waals surface area contributed by atoms with Crippen LogP contribution < -0.4 is 14.4 Å². The lowest BCUT2D eigenvalue weighted by Crippen LogP contribution is -2.36. The molecule has 1 atom stereocenters. The molecule has 2 aromatic rings. The Labute approximate surface area is 153 Å². The lowest BCUT2D eigenvalue weighted by molar-refractivity contribution is 0.0955. The van der Waals surface area contributed by atoms with E-state index in [9.17, 15) is 13.2 Å². The molecule has 0 aromatic heterocycles. The van der Waals surface area contributed by atoms with E-state index in [0.717, 1.165) is 5.56 Å². The molecule has 2 aromatic carbocycles. The van der Waals surface area contributed by atoms with Crippen molar-refractivity contribution in [3.8, 4) is 5.75 Å². The monoisotopic (exact) mass is 374 g/mol. The Morgan fingerprint density at radius 1 is 1.27 bits per heavy atom. The molecule has 1 heterocycles. The topological polar surface area (TPSA) is 75.7 Å². The molecule has 0 fully saturated rings. The van der Waals surface area contributed by atoms with Gasteiger partial charge >= 0.3 is 0 Å². The van der Waals surface area contributed by atoms with Crippen molar-refractivity contribution < 1.29 is 17.9 Å². The first-order chi connectivity index (χ1) is 12.4. The zero-order valence-electron chi connectivity index (χ0n) is 15.0. The van der Waals surface area contributed by atoms with Crippen molar-refractivity contribution in [1.82, 2.24) is 5.32 Å². The maximum absolute atomic E-state index is 13.4. The molecule has 3 rings (SSSR count). The van der Waals surface area contributed by atoms with E-state index in [-0.39, 0.29) is 28.2 Å². The maximum Gasteiger partial charge on any atom is 0.268 e. The van der Waals surface area contributed by atoms with Crippen LogP contribution in [0.15, 0.2) is 47.4 Å². The Kier molecular flexibility index (Phi) is 4.91. The molecule has 1 aliphatic rings. The number of nitrogens with zero attached hydrogens (tertiary/aromatic N) is 1. The third-order valence-electron chi connectivity index (χ3n) is 4.44. The average molecular weight is 374 g/mol. The second-order valence-electron chi connectivity index (χ2n) is 6.21. The van der Waals surface area contributed by atoms with Gasteiger partial charge in [-0.3, -0.25) is 9.10 Å². The van der Waals surface area contributed by atoms with Crippen LogP contribution in [0.5, 0.6) is 5.75 Å². The molecule has 1 aliphatic heterocycles.